The molecule has 1 aromatic carbocycles. The van der Waals surface area contributed by atoms with Crippen molar-refractivity contribution < 1.29 is 14.7 Å². The second kappa shape index (κ2) is 5.54. The Morgan fingerprint density at radius 3 is 2.65 bits per heavy atom. The highest BCUT2D eigenvalue weighted by atomic mass is 35.5. The Kier molecular flexibility index (Phi) is 4.34. The van der Waals surface area contributed by atoms with Crippen LogP contribution in [0.5, 0.6) is 0 Å². The van der Waals surface area contributed by atoms with Crippen LogP contribution in [-0.4, -0.2) is 23.0 Å². The van der Waals surface area contributed by atoms with E-state index in [1.807, 2.05) is 0 Å². The van der Waals surface area contributed by atoms with E-state index in [1.54, 1.807) is 19.1 Å². The summed E-state index contributed by atoms with van der Waals surface area (Å²) in [5.74, 6) is -1.69. The smallest absolute Gasteiger partial charge is 0.326 e. The zero-order chi connectivity index (χ0) is 13.0. The fourth-order valence-corrected chi connectivity index (χ4v) is 1.69. The van der Waals surface area contributed by atoms with Crippen molar-refractivity contribution in [3.63, 3.8) is 0 Å². The number of carbonyl (C=O) groups is 2. The largest absolute Gasteiger partial charge is 0.480 e. The topological polar surface area (TPSA) is 92.4 Å². The normalized spacial score (nSPS) is 11.9. The molecule has 0 aliphatic rings. The summed E-state index contributed by atoms with van der Waals surface area (Å²) in [6.45, 7) is 1.72. The van der Waals surface area contributed by atoms with Gasteiger partial charge in [-0.05, 0) is 18.6 Å². The molecule has 0 saturated carbocycles. The molecule has 0 radical (unpaired) electrons. The molecular weight excluding hydrogens is 244 g/mol. The molecule has 0 aromatic heterocycles. The summed E-state index contributed by atoms with van der Waals surface area (Å²) in [6, 6.07) is 3.92. The second-order valence-electron chi connectivity index (χ2n) is 3.47. The fourth-order valence-electron chi connectivity index (χ4n) is 1.42. The number of aliphatic carboxylic acids is 1. The number of halogens is 1. The summed E-state index contributed by atoms with van der Waals surface area (Å²) in [7, 11) is 0. The van der Waals surface area contributed by atoms with Crippen molar-refractivity contribution in [2.45, 2.75) is 19.4 Å². The van der Waals surface area contributed by atoms with Crippen molar-refractivity contribution in [1.82, 2.24) is 0 Å². The number of carbonyl (C=O) groups excluding carboxylic acids is 1. The van der Waals surface area contributed by atoms with E-state index in [0.29, 0.717) is 12.1 Å². The van der Waals surface area contributed by atoms with Crippen LogP contribution < -0.4 is 11.1 Å². The third kappa shape index (κ3) is 3.10. The lowest BCUT2D eigenvalue weighted by Gasteiger charge is -2.16. The maximum absolute atomic E-state index is 11.2. The minimum absolute atomic E-state index is 0.105. The first-order valence-electron chi connectivity index (χ1n) is 5.05. The maximum Gasteiger partial charge on any atom is 0.326 e. The van der Waals surface area contributed by atoms with Gasteiger partial charge >= 0.3 is 5.97 Å². The van der Waals surface area contributed by atoms with Gasteiger partial charge in [0.15, 0.2) is 0 Å². The highest BCUT2D eigenvalue weighted by molar-refractivity contribution is 6.34. The summed E-state index contributed by atoms with van der Waals surface area (Å²) < 4.78 is 0. The van der Waals surface area contributed by atoms with Crippen molar-refractivity contribution in [3.8, 4) is 0 Å². The third-order valence-corrected chi connectivity index (χ3v) is 2.61. The van der Waals surface area contributed by atoms with E-state index in [-0.39, 0.29) is 10.6 Å². The molecule has 92 valence electrons. The Hall–Kier alpha value is -1.75. The summed E-state index contributed by atoms with van der Waals surface area (Å²) in [5, 5.41) is 11.9. The monoisotopic (exact) mass is 256 g/mol. The van der Waals surface area contributed by atoms with Gasteiger partial charge in [-0.15, -0.1) is 0 Å². The van der Waals surface area contributed by atoms with Crippen LogP contribution in [0.2, 0.25) is 5.02 Å². The van der Waals surface area contributed by atoms with E-state index in [1.165, 1.54) is 6.07 Å². The predicted molar refractivity (Wildman–Crippen MR) is 65.3 cm³/mol. The summed E-state index contributed by atoms with van der Waals surface area (Å²) in [5.41, 5.74) is 5.64. The van der Waals surface area contributed by atoms with Gasteiger partial charge in [0.2, 0.25) is 0 Å². The van der Waals surface area contributed by atoms with E-state index in [2.05, 4.69) is 5.32 Å². The number of hydrogen-bond donors (Lipinski definition) is 3. The van der Waals surface area contributed by atoms with Gasteiger partial charge in [-0.25, -0.2) is 4.79 Å². The standard InChI is InChI=1S/C11H13ClN2O3/c1-2-7(11(16)17)14-8-5-3-4-6(12)9(8)10(13)15/h3-5,7,14H,2H2,1H3,(H2,13,15)(H,16,17). The summed E-state index contributed by atoms with van der Waals surface area (Å²) in [4.78, 5) is 22.1. The van der Waals surface area contributed by atoms with E-state index in [0.717, 1.165) is 0 Å². The number of hydrogen-bond acceptors (Lipinski definition) is 3. The Balaban J connectivity index is 3.10. The number of rotatable bonds is 5. The van der Waals surface area contributed by atoms with Crippen LogP contribution in [0, 0.1) is 0 Å². The molecule has 1 amide bonds. The Morgan fingerprint density at radius 1 is 1.53 bits per heavy atom. The minimum atomic E-state index is -0.997. The Morgan fingerprint density at radius 2 is 2.18 bits per heavy atom. The molecule has 0 bridgehead atoms. The molecule has 0 spiro atoms. The lowest BCUT2D eigenvalue weighted by atomic mass is 10.1. The maximum atomic E-state index is 11.2. The van der Waals surface area contributed by atoms with Crippen LogP contribution >= 0.6 is 11.6 Å². The number of anilines is 1. The molecule has 0 saturated heterocycles. The van der Waals surface area contributed by atoms with E-state index in [4.69, 9.17) is 22.4 Å². The van der Waals surface area contributed by atoms with Gasteiger partial charge < -0.3 is 16.2 Å². The van der Waals surface area contributed by atoms with Gasteiger partial charge in [-0.3, -0.25) is 4.79 Å². The number of nitrogens with two attached hydrogens (primary N) is 1. The van der Waals surface area contributed by atoms with Crippen molar-refractivity contribution in [3.05, 3.63) is 28.8 Å². The van der Waals surface area contributed by atoms with E-state index >= 15 is 0 Å². The number of benzene rings is 1. The van der Waals surface area contributed by atoms with Gasteiger partial charge in [-0.1, -0.05) is 24.6 Å². The van der Waals surface area contributed by atoms with Crippen molar-refractivity contribution in [2.24, 2.45) is 5.73 Å². The van der Waals surface area contributed by atoms with Gasteiger partial charge in [0.1, 0.15) is 6.04 Å². The first kappa shape index (κ1) is 13.3. The number of carboxylic acids is 1. The van der Waals surface area contributed by atoms with Crippen molar-refractivity contribution in [1.29, 1.82) is 0 Å². The molecule has 6 heteroatoms. The van der Waals surface area contributed by atoms with Crippen LogP contribution in [0.15, 0.2) is 18.2 Å². The zero-order valence-corrected chi connectivity index (χ0v) is 9.99. The van der Waals surface area contributed by atoms with Crippen LogP contribution in [0.3, 0.4) is 0 Å². The minimum Gasteiger partial charge on any atom is -0.480 e. The first-order chi connectivity index (χ1) is 7.97. The molecule has 1 unspecified atom stereocenters. The van der Waals surface area contributed by atoms with Crippen molar-refractivity contribution >= 4 is 29.2 Å². The van der Waals surface area contributed by atoms with Crippen LogP contribution in [0.25, 0.3) is 0 Å². The van der Waals surface area contributed by atoms with Crippen LogP contribution in [0.1, 0.15) is 23.7 Å². The van der Waals surface area contributed by atoms with E-state index < -0.39 is 17.9 Å². The fraction of sp³-hybridized carbons (Fsp3) is 0.273. The van der Waals surface area contributed by atoms with Gasteiger partial charge in [0, 0.05) is 5.69 Å². The second-order valence-corrected chi connectivity index (χ2v) is 3.88. The highest BCUT2D eigenvalue weighted by Crippen LogP contribution is 2.24. The molecule has 0 aliphatic carbocycles. The van der Waals surface area contributed by atoms with Crippen LogP contribution in [-0.2, 0) is 4.79 Å². The number of amides is 1. The van der Waals surface area contributed by atoms with Gasteiger partial charge in [0.25, 0.3) is 5.91 Å². The molecule has 17 heavy (non-hydrogen) atoms. The highest BCUT2D eigenvalue weighted by Gasteiger charge is 2.19. The average Bonchev–Trinajstić information content (AvgIpc) is 2.24. The Bertz CT molecular complexity index is 448. The lowest BCUT2D eigenvalue weighted by molar-refractivity contribution is -0.137. The molecule has 4 N–H and O–H groups in total. The predicted octanol–water partition coefficient (Wildman–Crippen LogP) is 1.71. The molecule has 0 heterocycles. The quantitative estimate of drug-likeness (QED) is 0.748. The molecule has 0 aliphatic heterocycles. The molecular formula is C11H13ClN2O3. The summed E-state index contributed by atoms with van der Waals surface area (Å²) in [6.07, 6.45) is 0.375. The molecule has 1 atom stereocenters. The molecule has 1 aromatic rings. The molecule has 5 nitrogen and oxygen atoms in total. The molecule has 0 fully saturated rings. The van der Waals surface area contributed by atoms with Gasteiger partial charge in [-0.2, -0.15) is 0 Å². The summed E-state index contributed by atoms with van der Waals surface area (Å²) >= 11 is 5.84. The average molecular weight is 257 g/mol. The van der Waals surface area contributed by atoms with Crippen LogP contribution in [0.4, 0.5) is 5.69 Å². The zero-order valence-electron chi connectivity index (χ0n) is 9.24. The van der Waals surface area contributed by atoms with E-state index in [9.17, 15) is 9.59 Å². The number of carboxylic acid groups (broad SMARTS) is 1. The SMILES string of the molecule is CCC(Nc1cccc(Cl)c1C(N)=O)C(=O)O. The first-order valence-corrected chi connectivity index (χ1v) is 5.42. The lowest BCUT2D eigenvalue weighted by Crippen LogP contribution is -2.29. The molecule has 1 rings (SSSR count). The van der Waals surface area contributed by atoms with Gasteiger partial charge in [0.05, 0.1) is 10.6 Å². The number of nitrogens with one attached hydrogen (secondary N) is 1. The van der Waals surface area contributed by atoms with Crippen molar-refractivity contribution in [2.75, 3.05) is 5.32 Å². The third-order valence-electron chi connectivity index (χ3n) is 2.30. The number of primary amides is 1. The Labute approximate surface area is 104 Å².